The van der Waals surface area contributed by atoms with Crippen LogP contribution < -0.4 is 76.4 Å². The van der Waals surface area contributed by atoms with Gasteiger partial charge in [0.15, 0.2) is 0 Å². The van der Waals surface area contributed by atoms with Crippen molar-refractivity contribution in [3.8, 4) is 0 Å². The van der Waals surface area contributed by atoms with E-state index in [0.717, 1.165) is 0 Å². The number of rotatable bonds is 1. The maximum Gasteiger partial charge on any atom is 1.00 e. The fraction of sp³-hybridized carbons (Fsp3) is 1.00. The average molecular weight is 323 g/mol. The Morgan fingerprint density at radius 1 is 0.824 bits per heavy atom. The zero-order valence-electron chi connectivity index (χ0n) is 5.50. The van der Waals surface area contributed by atoms with Gasteiger partial charge in [-0.2, -0.15) is 0 Å². The first-order valence-electron chi connectivity index (χ1n) is 0.730. The molecule has 0 rings (SSSR count). The van der Waals surface area contributed by atoms with E-state index >= 15 is 0 Å². The van der Waals surface area contributed by atoms with Crippen molar-refractivity contribution in [1.29, 1.82) is 0 Å². The first-order chi connectivity index (χ1) is 2.27. The molecular formula is C9H38ClNa2O4P. The van der Waals surface area contributed by atoms with Crippen molar-refractivity contribution in [2.45, 2.75) is 66.8 Å². The van der Waals surface area contributed by atoms with Crippen molar-refractivity contribution in [2.75, 3.05) is 0 Å². The van der Waals surface area contributed by atoms with Gasteiger partial charge in [0.2, 0.25) is 0 Å². The van der Waals surface area contributed by atoms with Crippen LogP contribution in [0.1, 0.15) is 68.3 Å². The second-order valence-electron chi connectivity index (χ2n) is 0.305. The molecule has 17 heavy (non-hydrogen) atoms. The van der Waals surface area contributed by atoms with E-state index in [2.05, 4.69) is 4.67 Å². The molecule has 0 aromatic rings. The molecule has 0 aromatic heterocycles. The molecule has 0 aromatic carbocycles. The van der Waals surface area contributed by atoms with Crippen LogP contribution >= 0.6 is 8.25 Å². The van der Waals surface area contributed by atoms with Crippen molar-refractivity contribution < 1.29 is 92.3 Å². The van der Waals surface area contributed by atoms with Crippen LogP contribution in [0.3, 0.4) is 0 Å². The third kappa shape index (κ3) is 265. The van der Waals surface area contributed by atoms with E-state index < -0.39 is 8.25 Å². The molecule has 112 valence electrons. The van der Waals surface area contributed by atoms with Gasteiger partial charge in [-0.3, -0.25) is 0 Å². The molecular weight excluding hydrogens is 285 g/mol. The predicted octanol–water partition coefficient (Wildman–Crippen LogP) is -3.66. The molecule has 0 aliphatic carbocycles. The van der Waals surface area contributed by atoms with Crippen LogP contribution in [0.2, 0.25) is 0 Å². The minimum Gasteiger partial charge on any atom is -1.00 e. The summed E-state index contributed by atoms with van der Waals surface area (Å²) >= 11 is 0. The first kappa shape index (κ1) is 164. The molecule has 1 N–H and O–H groups in total. The smallest absolute Gasteiger partial charge is 1.00 e. The predicted molar refractivity (Wildman–Crippen MR) is 73.0 cm³/mol. The minimum absolute atomic E-state index is 0. The Bertz CT molecular complexity index is 71.8. The average Bonchev–Trinajstić information content (AvgIpc) is 1.38. The van der Waals surface area contributed by atoms with Crippen LogP contribution in [0.5, 0.6) is 0 Å². The second-order valence-corrected chi connectivity index (χ2v) is 0.916. The van der Waals surface area contributed by atoms with Gasteiger partial charge in [0.25, 0.3) is 0 Å². The van der Waals surface area contributed by atoms with Gasteiger partial charge >= 0.3 is 67.4 Å². The fourth-order valence-corrected chi connectivity index (χ4v) is 0. The Balaban J connectivity index is -0.00000000103. The summed E-state index contributed by atoms with van der Waals surface area (Å²) in [5.74, 6) is 0. The van der Waals surface area contributed by atoms with Crippen LogP contribution in [0.4, 0.5) is 0 Å². The van der Waals surface area contributed by atoms with E-state index in [1.54, 1.807) is 0 Å². The van der Waals surface area contributed by atoms with Gasteiger partial charge in [-0.15, -0.1) is 0 Å². The van der Waals surface area contributed by atoms with Crippen molar-refractivity contribution in [3.05, 3.63) is 0 Å². The summed E-state index contributed by atoms with van der Waals surface area (Å²) in [7, 11) is -3.04. The molecule has 0 radical (unpaired) electrons. The van der Waals surface area contributed by atoms with Gasteiger partial charge in [-0.1, -0.05) is 66.8 Å². The Labute approximate surface area is 166 Å². The molecule has 1 unspecified atom stereocenters. The summed E-state index contributed by atoms with van der Waals surface area (Å²) in [6, 6.07) is 0. The van der Waals surface area contributed by atoms with Crippen LogP contribution in [-0.4, -0.2) is 5.26 Å². The molecule has 0 fully saturated rings. The van der Waals surface area contributed by atoms with E-state index in [4.69, 9.17) is 14.7 Å². The van der Waals surface area contributed by atoms with Crippen LogP contribution in [0.25, 0.3) is 0 Å². The Kier molecular flexibility index (Phi) is 1330. The molecule has 4 nitrogen and oxygen atoms in total. The number of hydrogen-bond acceptors (Lipinski definition) is 4. The van der Waals surface area contributed by atoms with Gasteiger partial charge in [-0.05, 0) is 4.57 Å². The Morgan fingerprint density at radius 3 is 0.882 bits per heavy atom. The molecule has 0 spiro atoms. The van der Waals surface area contributed by atoms with Gasteiger partial charge in [0.05, 0.1) is 0 Å². The molecule has 0 heterocycles. The number of halogens is 1. The number of hydrogen-bond donors (Lipinski definition) is 1. The summed E-state index contributed by atoms with van der Waals surface area (Å²) in [5, 5.41) is 7.05. The summed E-state index contributed by atoms with van der Waals surface area (Å²) in [6.07, 6.45) is 0. The quantitative estimate of drug-likeness (QED) is 0.234. The van der Waals surface area contributed by atoms with Crippen LogP contribution in [0, 0.1) is 0 Å². The fourth-order valence-electron chi connectivity index (χ4n) is 0. The Morgan fingerprint density at radius 2 is 0.882 bits per heavy atom. The van der Waals surface area contributed by atoms with Crippen molar-refractivity contribution >= 4 is 8.25 Å². The third-order valence-electron chi connectivity index (χ3n) is 0.0667. The monoisotopic (exact) mass is 322 g/mol. The summed E-state index contributed by atoms with van der Waals surface area (Å²) < 4.78 is 11.6. The van der Waals surface area contributed by atoms with Crippen LogP contribution in [0.15, 0.2) is 0 Å². The molecule has 0 aliphatic heterocycles. The standard InChI is InChI=1S/9CH4.ClH.2Na.HO4P.H/c;;;;;;;;;;;;1-4-5(2)3;/h9*1H4;1H;;;1H;/q;;;;;;;;;;2*+1;;-1/p-1. The molecule has 0 amide bonds. The van der Waals surface area contributed by atoms with Crippen LogP contribution in [-0.2, 0) is 9.24 Å². The summed E-state index contributed by atoms with van der Waals surface area (Å²) in [5.41, 5.74) is 0. The topological polar surface area (TPSA) is 69.6 Å². The minimum atomic E-state index is -3.04. The zero-order chi connectivity index (χ0) is 4.28. The van der Waals surface area contributed by atoms with Crippen molar-refractivity contribution in [1.82, 2.24) is 0 Å². The van der Waals surface area contributed by atoms with Crippen molar-refractivity contribution in [2.24, 2.45) is 0 Å². The third-order valence-corrected chi connectivity index (χ3v) is 0.200. The van der Waals surface area contributed by atoms with Gasteiger partial charge in [-0.25, -0.2) is 5.26 Å². The van der Waals surface area contributed by atoms with E-state index in [9.17, 15) is 0 Å². The SMILES string of the molecule is C.C.C.C.C.C.C.C.C.O=[P+]([O-])OO.[Cl-].[H-].[Na+].[Na+]. The van der Waals surface area contributed by atoms with E-state index in [0.29, 0.717) is 0 Å². The molecule has 0 bridgehead atoms. The van der Waals surface area contributed by atoms with Gasteiger partial charge < -0.3 is 18.7 Å². The van der Waals surface area contributed by atoms with E-state index in [-0.39, 0.29) is 140 Å². The van der Waals surface area contributed by atoms with Gasteiger partial charge in [0, 0.05) is 4.67 Å². The summed E-state index contributed by atoms with van der Waals surface area (Å²) in [6.45, 7) is 0. The Hall–Kier alpha value is 2.27. The molecule has 1 atom stereocenters. The molecule has 0 aliphatic rings. The van der Waals surface area contributed by atoms with E-state index in [1.807, 2.05) is 0 Å². The van der Waals surface area contributed by atoms with E-state index in [1.165, 1.54) is 0 Å². The molecule has 8 heteroatoms. The zero-order valence-corrected chi connectivity index (χ0v) is 10.1. The van der Waals surface area contributed by atoms with Gasteiger partial charge in [0.1, 0.15) is 0 Å². The molecule has 0 saturated heterocycles. The van der Waals surface area contributed by atoms with Crippen molar-refractivity contribution in [3.63, 3.8) is 0 Å². The maximum atomic E-state index is 8.93. The summed E-state index contributed by atoms with van der Waals surface area (Å²) in [4.78, 5) is 8.93. The second kappa shape index (κ2) is 139. The first-order valence-corrected chi connectivity index (χ1v) is 1.83. The maximum absolute atomic E-state index is 8.93. The molecule has 0 saturated carbocycles. The normalized spacial score (nSPS) is 3.29. The largest absolute Gasteiger partial charge is 1.00 e.